The van der Waals surface area contributed by atoms with E-state index in [1.807, 2.05) is 18.2 Å². The van der Waals surface area contributed by atoms with E-state index in [4.69, 9.17) is 17.0 Å². The zero-order chi connectivity index (χ0) is 21.6. The van der Waals surface area contributed by atoms with Gasteiger partial charge in [0.15, 0.2) is 5.11 Å². The summed E-state index contributed by atoms with van der Waals surface area (Å²) in [5.74, 6) is 1.67. The van der Waals surface area contributed by atoms with Crippen molar-refractivity contribution >= 4 is 28.8 Å². The summed E-state index contributed by atoms with van der Waals surface area (Å²) < 4.78 is 19.6. The average molecular weight is 438 g/mol. The summed E-state index contributed by atoms with van der Waals surface area (Å²) in [5.41, 5.74) is 1.46. The Morgan fingerprint density at radius 1 is 1.13 bits per heavy atom. The summed E-state index contributed by atoms with van der Waals surface area (Å²) in [5, 5.41) is 7.14. The van der Waals surface area contributed by atoms with Gasteiger partial charge in [0.1, 0.15) is 23.1 Å². The van der Waals surface area contributed by atoms with Gasteiger partial charge in [0, 0.05) is 43.7 Å². The van der Waals surface area contributed by atoms with Crippen molar-refractivity contribution in [3.63, 3.8) is 0 Å². The minimum Gasteiger partial charge on any atom is -0.457 e. The van der Waals surface area contributed by atoms with Crippen LogP contribution in [-0.4, -0.2) is 34.2 Å². The van der Waals surface area contributed by atoms with Gasteiger partial charge in [-0.25, -0.2) is 9.37 Å². The third-order valence-corrected chi connectivity index (χ3v) is 5.39. The molecule has 31 heavy (non-hydrogen) atoms. The van der Waals surface area contributed by atoms with Crippen LogP contribution >= 0.6 is 12.2 Å². The summed E-state index contributed by atoms with van der Waals surface area (Å²) in [6, 6.07) is 12.6. The van der Waals surface area contributed by atoms with Gasteiger partial charge in [-0.05, 0) is 61.8 Å². The highest BCUT2D eigenvalue weighted by molar-refractivity contribution is 7.80. The maximum absolute atomic E-state index is 13.8. The smallest absolute Gasteiger partial charge is 0.171 e. The van der Waals surface area contributed by atoms with Crippen LogP contribution in [0.15, 0.2) is 61.1 Å². The highest BCUT2D eigenvalue weighted by atomic mass is 32.1. The monoisotopic (exact) mass is 437 g/mol. The van der Waals surface area contributed by atoms with E-state index in [0.717, 1.165) is 37.4 Å². The molecule has 0 saturated carbocycles. The van der Waals surface area contributed by atoms with Crippen LogP contribution in [0.3, 0.4) is 0 Å². The van der Waals surface area contributed by atoms with E-state index in [-0.39, 0.29) is 5.82 Å². The normalized spacial score (nSPS) is 14.2. The summed E-state index contributed by atoms with van der Waals surface area (Å²) in [6.07, 6.45) is 7.05. The first-order valence-electron chi connectivity index (χ1n) is 10.2. The van der Waals surface area contributed by atoms with Crippen molar-refractivity contribution in [1.29, 1.82) is 0 Å². The Bertz CT molecular complexity index is 1040. The largest absolute Gasteiger partial charge is 0.457 e. The highest BCUT2D eigenvalue weighted by Crippen LogP contribution is 2.27. The van der Waals surface area contributed by atoms with Crippen molar-refractivity contribution in [3.8, 4) is 11.5 Å². The Morgan fingerprint density at radius 2 is 1.94 bits per heavy atom. The van der Waals surface area contributed by atoms with E-state index in [1.54, 1.807) is 43.7 Å². The quantitative estimate of drug-likeness (QED) is 0.563. The molecule has 4 rings (SSSR count). The molecule has 1 aliphatic rings. The molecule has 0 unspecified atom stereocenters. The number of ether oxygens (including phenoxy) is 1. The van der Waals surface area contributed by atoms with Gasteiger partial charge in [0.2, 0.25) is 0 Å². The van der Waals surface area contributed by atoms with Crippen LogP contribution in [0.5, 0.6) is 11.5 Å². The first kappa shape index (κ1) is 21.0. The Hall–Kier alpha value is -3.26. The molecular formula is C23H24FN5OS. The zero-order valence-electron chi connectivity index (χ0n) is 17.2. The Morgan fingerprint density at radius 3 is 2.68 bits per heavy atom. The fraction of sp³-hybridized carbons (Fsp3) is 0.261. The van der Waals surface area contributed by atoms with Gasteiger partial charge in [-0.15, -0.1) is 0 Å². The van der Waals surface area contributed by atoms with Gasteiger partial charge in [-0.2, -0.15) is 0 Å². The van der Waals surface area contributed by atoms with Crippen molar-refractivity contribution in [2.24, 2.45) is 0 Å². The number of piperidine rings is 1. The number of aryl methyl sites for hydroxylation is 1. The molecule has 0 atom stereocenters. The van der Waals surface area contributed by atoms with Crippen LogP contribution in [0.1, 0.15) is 18.4 Å². The molecule has 6 nitrogen and oxygen atoms in total. The van der Waals surface area contributed by atoms with Gasteiger partial charge in [0.25, 0.3) is 0 Å². The topological polar surface area (TPSA) is 62.3 Å². The van der Waals surface area contributed by atoms with E-state index in [0.29, 0.717) is 28.2 Å². The Kier molecular flexibility index (Phi) is 6.57. The van der Waals surface area contributed by atoms with Gasteiger partial charge in [0.05, 0.1) is 11.9 Å². The number of benzene rings is 1. The maximum atomic E-state index is 13.8. The molecule has 160 valence electrons. The third kappa shape index (κ3) is 5.67. The number of halogens is 1. The third-order valence-electron chi connectivity index (χ3n) is 5.17. The van der Waals surface area contributed by atoms with Crippen LogP contribution in [0.4, 0.5) is 15.9 Å². The molecule has 3 aromatic rings. The first-order chi connectivity index (χ1) is 15.1. The van der Waals surface area contributed by atoms with Gasteiger partial charge in [-0.1, -0.05) is 6.07 Å². The second-order valence-electron chi connectivity index (χ2n) is 7.46. The number of hydrogen-bond acceptors (Lipinski definition) is 5. The van der Waals surface area contributed by atoms with Gasteiger partial charge in [-0.3, -0.25) is 4.98 Å². The van der Waals surface area contributed by atoms with Crippen LogP contribution in [0.25, 0.3) is 0 Å². The Labute approximate surface area is 186 Å². The molecule has 2 N–H and O–H groups in total. The van der Waals surface area contributed by atoms with Crippen molar-refractivity contribution in [2.45, 2.75) is 25.8 Å². The highest BCUT2D eigenvalue weighted by Gasteiger charge is 2.21. The average Bonchev–Trinajstić information content (AvgIpc) is 2.78. The lowest BCUT2D eigenvalue weighted by atomic mass is 10.1. The molecule has 1 saturated heterocycles. The molecule has 1 aromatic carbocycles. The van der Waals surface area contributed by atoms with Crippen LogP contribution in [-0.2, 0) is 0 Å². The molecule has 3 heterocycles. The maximum Gasteiger partial charge on any atom is 0.171 e. The molecule has 1 aliphatic heterocycles. The summed E-state index contributed by atoms with van der Waals surface area (Å²) in [6.45, 7) is 3.43. The molecule has 1 fully saturated rings. The molecular weight excluding hydrogens is 413 g/mol. The minimum atomic E-state index is -0.280. The number of aromatic nitrogens is 2. The molecule has 0 radical (unpaired) electrons. The van der Waals surface area contributed by atoms with Crippen molar-refractivity contribution in [1.82, 2.24) is 15.3 Å². The van der Waals surface area contributed by atoms with E-state index in [2.05, 4.69) is 25.5 Å². The number of nitrogens with zero attached hydrogens (tertiary/aromatic N) is 3. The van der Waals surface area contributed by atoms with Crippen LogP contribution in [0, 0.1) is 12.7 Å². The van der Waals surface area contributed by atoms with E-state index in [1.165, 1.54) is 6.07 Å². The number of rotatable bonds is 5. The minimum absolute atomic E-state index is 0.280. The second kappa shape index (κ2) is 9.70. The Balaban J connectivity index is 1.31. The van der Waals surface area contributed by atoms with Gasteiger partial charge >= 0.3 is 0 Å². The fourth-order valence-corrected chi connectivity index (χ4v) is 3.74. The number of nitrogens with one attached hydrogen (secondary N) is 2. The summed E-state index contributed by atoms with van der Waals surface area (Å²) >= 11 is 5.42. The van der Waals surface area contributed by atoms with E-state index in [9.17, 15) is 4.39 Å². The number of thiocarbonyl (C=S) groups is 1. The molecule has 2 aromatic heterocycles. The van der Waals surface area contributed by atoms with Crippen LogP contribution in [0.2, 0.25) is 0 Å². The molecule has 0 amide bonds. The molecule has 8 heteroatoms. The van der Waals surface area contributed by atoms with Crippen molar-refractivity contribution < 1.29 is 9.13 Å². The standard InChI is InChI=1S/C23H24FN5OS/c1-16-4-5-19(13-21(16)24)30-20-6-10-26-22(14-20)29-11-7-17(8-12-29)27-23(31)28-18-3-2-9-25-15-18/h2-6,9-10,13-15,17H,7-8,11-12H2,1H3,(H2,27,28,31). The lowest BCUT2D eigenvalue weighted by molar-refractivity contribution is 0.461. The predicted octanol–water partition coefficient (Wildman–Crippen LogP) is 4.67. The fourth-order valence-electron chi connectivity index (χ4n) is 3.45. The SMILES string of the molecule is Cc1ccc(Oc2ccnc(N3CCC(NC(=S)Nc4cccnc4)CC3)c2)cc1F. The van der Waals surface area contributed by atoms with E-state index >= 15 is 0 Å². The number of hydrogen-bond donors (Lipinski definition) is 2. The molecule has 0 spiro atoms. The van der Waals surface area contributed by atoms with Gasteiger partial charge < -0.3 is 20.3 Å². The molecule has 0 aliphatic carbocycles. The lowest BCUT2D eigenvalue weighted by Gasteiger charge is -2.33. The lowest BCUT2D eigenvalue weighted by Crippen LogP contribution is -2.46. The first-order valence-corrected chi connectivity index (χ1v) is 10.6. The number of anilines is 2. The van der Waals surface area contributed by atoms with Crippen molar-refractivity contribution in [3.05, 3.63) is 72.4 Å². The number of pyridine rings is 2. The second-order valence-corrected chi connectivity index (χ2v) is 7.87. The predicted molar refractivity (Wildman–Crippen MR) is 124 cm³/mol. The van der Waals surface area contributed by atoms with E-state index < -0.39 is 0 Å². The molecule has 0 bridgehead atoms. The van der Waals surface area contributed by atoms with Crippen LogP contribution < -0.4 is 20.3 Å². The zero-order valence-corrected chi connectivity index (χ0v) is 18.0. The summed E-state index contributed by atoms with van der Waals surface area (Å²) in [7, 11) is 0. The summed E-state index contributed by atoms with van der Waals surface area (Å²) in [4.78, 5) is 10.8. The van der Waals surface area contributed by atoms with Crippen molar-refractivity contribution in [2.75, 3.05) is 23.3 Å².